The SMILES string of the molecule is Cc1ccccc1N=c1scc(C)n1CCc1ccccc1. The lowest BCUT2D eigenvalue weighted by Crippen LogP contribution is -2.17. The van der Waals surface area contributed by atoms with Gasteiger partial charge in [0.2, 0.25) is 0 Å². The number of thiazole rings is 1. The van der Waals surface area contributed by atoms with Crippen molar-refractivity contribution >= 4 is 17.0 Å². The highest BCUT2D eigenvalue weighted by atomic mass is 32.1. The molecule has 1 aromatic heterocycles. The van der Waals surface area contributed by atoms with Crippen molar-refractivity contribution in [3.63, 3.8) is 0 Å². The molecule has 1 heterocycles. The predicted octanol–water partition coefficient (Wildman–Crippen LogP) is 4.64. The molecule has 2 aromatic carbocycles. The molecule has 0 amide bonds. The highest BCUT2D eigenvalue weighted by Crippen LogP contribution is 2.16. The number of para-hydroxylation sites is 1. The molecule has 3 heteroatoms. The summed E-state index contributed by atoms with van der Waals surface area (Å²) >= 11 is 1.71. The summed E-state index contributed by atoms with van der Waals surface area (Å²) in [4.78, 5) is 5.93. The zero-order chi connectivity index (χ0) is 15.4. The fraction of sp³-hybridized carbons (Fsp3) is 0.211. The zero-order valence-electron chi connectivity index (χ0n) is 13.0. The average Bonchev–Trinajstić information content (AvgIpc) is 2.89. The Balaban J connectivity index is 1.90. The quantitative estimate of drug-likeness (QED) is 0.668. The minimum Gasteiger partial charge on any atom is -0.321 e. The molecule has 0 aliphatic carbocycles. The third-order valence-electron chi connectivity index (χ3n) is 3.79. The zero-order valence-corrected chi connectivity index (χ0v) is 13.8. The molecule has 2 nitrogen and oxygen atoms in total. The lowest BCUT2D eigenvalue weighted by Gasteiger charge is -2.06. The third-order valence-corrected chi connectivity index (χ3v) is 4.77. The Bertz CT molecular complexity index is 813. The minimum absolute atomic E-state index is 0.962. The van der Waals surface area contributed by atoms with Crippen molar-refractivity contribution in [2.75, 3.05) is 0 Å². The fourth-order valence-corrected chi connectivity index (χ4v) is 3.37. The molecule has 0 saturated carbocycles. The molecule has 0 aliphatic heterocycles. The molecule has 22 heavy (non-hydrogen) atoms. The first kappa shape index (κ1) is 14.8. The molecule has 3 aromatic rings. The fourth-order valence-electron chi connectivity index (χ4n) is 2.45. The molecule has 0 N–H and O–H groups in total. The van der Waals surface area contributed by atoms with E-state index in [-0.39, 0.29) is 0 Å². The summed E-state index contributed by atoms with van der Waals surface area (Å²) in [5, 5.41) is 2.18. The second-order valence-electron chi connectivity index (χ2n) is 5.45. The molecule has 0 atom stereocenters. The first-order chi connectivity index (χ1) is 10.7. The van der Waals surface area contributed by atoms with Gasteiger partial charge in [0.15, 0.2) is 4.80 Å². The number of benzene rings is 2. The molecular formula is C19H20N2S. The van der Waals surface area contributed by atoms with Gasteiger partial charge in [-0.3, -0.25) is 0 Å². The third kappa shape index (κ3) is 3.37. The molecular weight excluding hydrogens is 288 g/mol. The van der Waals surface area contributed by atoms with E-state index in [2.05, 4.69) is 72.3 Å². The first-order valence-electron chi connectivity index (χ1n) is 7.53. The number of aromatic nitrogens is 1. The smallest absolute Gasteiger partial charge is 0.190 e. The second-order valence-corrected chi connectivity index (χ2v) is 6.28. The Labute approximate surface area is 135 Å². The topological polar surface area (TPSA) is 17.3 Å². The van der Waals surface area contributed by atoms with Crippen LogP contribution in [0.3, 0.4) is 0 Å². The normalized spacial score (nSPS) is 11.8. The van der Waals surface area contributed by atoms with Gasteiger partial charge < -0.3 is 4.57 Å². The van der Waals surface area contributed by atoms with Gasteiger partial charge in [0.25, 0.3) is 0 Å². The van der Waals surface area contributed by atoms with Gasteiger partial charge in [-0.25, -0.2) is 4.99 Å². The van der Waals surface area contributed by atoms with Crippen LogP contribution in [0.2, 0.25) is 0 Å². The average molecular weight is 308 g/mol. The van der Waals surface area contributed by atoms with Crippen molar-refractivity contribution in [2.24, 2.45) is 4.99 Å². The van der Waals surface area contributed by atoms with Gasteiger partial charge in [-0.15, -0.1) is 11.3 Å². The largest absolute Gasteiger partial charge is 0.321 e. The summed E-state index contributed by atoms with van der Waals surface area (Å²) < 4.78 is 2.31. The minimum atomic E-state index is 0.962. The van der Waals surface area contributed by atoms with E-state index in [9.17, 15) is 0 Å². The van der Waals surface area contributed by atoms with Crippen LogP contribution in [-0.4, -0.2) is 4.57 Å². The van der Waals surface area contributed by atoms with Crippen molar-refractivity contribution in [3.8, 4) is 0 Å². The summed E-state index contributed by atoms with van der Waals surface area (Å²) in [7, 11) is 0. The maximum atomic E-state index is 4.86. The molecule has 0 bridgehead atoms. The van der Waals surface area contributed by atoms with Crippen LogP contribution in [0.5, 0.6) is 0 Å². The van der Waals surface area contributed by atoms with Gasteiger partial charge in [0, 0.05) is 17.6 Å². The van der Waals surface area contributed by atoms with Gasteiger partial charge in [0.05, 0.1) is 5.69 Å². The van der Waals surface area contributed by atoms with E-state index >= 15 is 0 Å². The van der Waals surface area contributed by atoms with Gasteiger partial charge in [-0.05, 0) is 37.5 Å². The summed E-state index contributed by atoms with van der Waals surface area (Å²) in [6.07, 6.45) is 1.03. The Morgan fingerprint density at radius 1 is 0.955 bits per heavy atom. The highest BCUT2D eigenvalue weighted by Gasteiger charge is 2.03. The summed E-state index contributed by atoms with van der Waals surface area (Å²) in [5.41, 5.74) is 4.90. The van der Waals surface area contributed by atoms with Crippen LogP contribution in [-0.2, 0) is 13.0 Å². The van der Waals surface area contributed by atoms with Crippen molar-refractivity contribution < 1.29 is 0 Å². The number of hydrogen-bond acceptors (Lipinski definition) is 2. The Hall–Kier alpha value is -2.13. The van der Waals surface area contributed by atoms with Gasteiger partial charge >= 0.3 is 0 Å². The molecule has 112 valence electrons. The summed E-state index contributed by atoms with van der Waals surface area (Å²) in [6, 6.07) is 18.9. The van der Waals surface area contributed by atoms with Gasteiger partial charge in [-0.2, -0.15) is 0 Å². The van der Waals surface area contributed by atoms with E-state index in [1.807, 2.05) is 6.07 Å². The summed E-state index contributed by atoms with van der Waals surface area (Å²) in [6.45, 7) is 5.22. The maximum absolute atomic E-state index is 4.86. The van der Waals surface area contributed by atoms with Crippen LogP contribution >= 0.6 is 11.3 Å². The number of nitrogens with zero attached hydrogens (tertiary/aromatic N) is 2. The summed E-state index contributed by atoms with van der Waals surface area (Å²) in [5.74, 6) is 0. The molecule has 3 rings (SSSR count). The van der Waals surface area contributed by atoms with E-state index in [1.165, 1.54) is 16.8 Å². The van der Waals surface area contributed by atoms with E-state index < -0.39 is 0 Å². The first-order valence-corrected chi connectivity index (χ1v) is 8.41. The maximum Gasteiger partial charge on any atom is 0.190 e. The Kier molecular flexibility index (Phi) is 4.54. The molecule has 0 fully saturated rings. The van der Waals surface area contributed by atoms with E-state index in [0.29, 0.717) is 0 Å². The van der Waals surface area contributed by atoms with Crippen LogP contribution in [0.25, 0.3) is 0 Å². The van der Waals surface area contributed by atoms with E-state index in [1.54, 1.807) is 11.3 Å². The number of hydrogen-bond donors (Lipinski definition) is 0. The van der Waals surface area contributed by atoms with Crippen LogP contribution in [0, 0.1) is 13.8 Å². The molecule has 0 aliphatic rings. The van der Waals surface area contributed by atoms with E-state index in [0.717, 1.165) is 23.5 Å². The van der Waals surface area contributed by atoms with Crippen LogP contribution in [0.15, 0.2) is 65.0 Å². The van der Waals surface area contributed by atoms with Crippen LogP contribution in [0.1, 0.15) is 16.8 Å². The van der Waals surface area contributed by atoms with Crippen molar-refractivity contribution in [1.29, 1.82) is 0 Å². The number of rotatable bonds is 4. The highest BCUT2D eigenvalue weighted by molar-refractivity contribution is 7.07. The molecule has 0 radical (unpaired) electrons. The standard InChI is InChI=1S/C19H20N2S/c1-15-8-6-7-11-18(15)20-19-21(16(2)14-22-19)13-12-17-9-4-3-5-10-17/h3-11,14H,12-13H2,1-2H3. The van der Waals surface area contributed by atoms with Crippen molar-refractivity contribution in [1.82, 2.24) is 4.57 Å². The van der Waals surface area contributed by atoms with Crippen molar-refractivity contribution in [3.05, 3.63) is 81.6 Å². The second kappa shape index (κ2) is 6.75. The Morgan fingerprint density at radius 3 is 2.45 bits per heavy atom. The van der Waals surface area contributed by atoms with Gasteiger partial charge in [-0.1, -0.05) is 48.5 Å². The number of aryl methyl sites for hydroxylation is 3. The molecule has 0 saturated heterocycles. The van der Waals surface area contributed by atoms with Gasteiger partial charge in [0.1, 0.15) is 0 Å². The van der Waals surface area contributed by atoms with Crippen LogP contribution in [0.4, 0.5) is 5.69 Å². The van der Waals surface area contributed by atoms with E-state index in [4.69, 9.17) is 4.99 Å². The Morgan fingerprint density at radius 2 is 1.68 bits per heavy atom. The molecule has 0 unspecified atom stereocenters. The van der Waals surface area contributed by atoms with Crippen LogP contribution < -0.4 is 4.80 Å². The predicted molar refractivity (Wildman–Crippen MR) is 93.6 cm³/mol. The lowest BCUT2D eigenvalue weighted by molar-refractivity contribution is 0.658. The monoisotopic (exact) mass is 308 g/mol. The van der Waals surface area contributed by atoms with Crippen molar-refractivity contribution in [2.45, 2.75) is 26.8 Å². The molecule has 0 spiro atoms. The lowest BCUT2D eigenvalue weighted by atomic mass is 10.1.